The molecule has 0 aromatic rings. The first kappa shape index (κ1) is 7.87. The van der Waals surface area contributed by atoms with E-state index in [1.807, 2.05) is 6.08 Å². The van der Waals surface area contributed by atoms with Crippen LogP contribution in [0.5, 0.6) is 0 Å². The molecule has 1 rings (SSSR count). The summed E-state index contributed by atoms with van der Waals surface area (Å²) in [4.78, 5) is 10.9. The Hall–Kier alpha value is -1.23. The van der Waals surface area contributed by atoms with Gasteiger partial charge in [0.25, 0.3) is 0 Å². The fraction of sp³-hybridized carbons (Fsp3) is 0.444. The van der Waals surface area contributed by atoms with Crippen LogP contribution in [0, 0.1) is 17.8 Å². The molecule has 0 aliphatic heterocycles. The molecule has 0 fully saturated rings. The first-order valence-corrected chi connectivity index (χ1v) is 3.60. The zero-order valence-electron chi connectivity index (χ0n) is 6.68. The second-order valence-corrected chi connectivity index (χ2v) is 2.23. The highest BCUT2D eigenvalue weighted by molar-refractivity contribution is 5.85. The van der Waals surface area contributed by atoms with Gasteiger partial charge in [0, 0.05) is 5.57 Å². The van der Waals surface area contributed by atoms with Gasteiger partial charge in [0.15, 0.2) is 0 Å². The van der Waals surface area contributed by atoms with Crippen LogP contribution in [0.2, 0.25) is 0 Å². The Kier molecular flexibility index (Phi) is 2.32. The topological polar surface area (TPSA) is 26.3 Å². The van der Waals surface area contributed by atoms with Crippen molar-refractivity contribution < 1.29 is 9.53 Å². The average molecular weight is 150 g/mol. The standard InChI is InChI=1S/C9H10O2/c1-3-5-7-6-8(7)9(10)11-4-2/h6,8H,4H2,1-2H3/t8-/m1/s1. The molecule has 0 heterocycles. The van der Waals surface area contributed by atoms with Gasteiger partial charge in [-0.25, -0.2) is 0 Å². The minimum Gasteiger partial charge on any atom is -0.465 e. The quantitative estimate of drug-likeness (QED) is 0.435. The molecule has 0 spiro atoms. The zero-order valence-corrected chi connectivity index (χ0v) is 6.68. The molecule has 0 aromatic heterocycles. The van der Waals surface area contributed by atoms with Gasteiger partial charge in [0.05, 0.1) is 6.61 Å². The molecule has 0 saturated heterocycles. The maximum absolute atomic E-state index is 10.9. The van der Waals surface area contributed by atoms with E-state index < -0.39 is 0 Å². The first-order valence-electron chi connectivity index (χ1n) is 3.60. The second kappa shape index (κ2) is 3.25. The summed E-state index contributed by atoms with van der Waals surface area (Å²) in [6.45, 7) is 3.99. The number of ether oxygens (including phenoxy) is 1. The van der Waals surface area contributed by atoms with Crippen LogP contribution in [0.4, 0.5) is 0 Å². The van der Waals surface area contributed by atoms with Crippen molar-refractivity contribution in [2.24, 2.45) is 5.92 Å². The summed E-state index contributed by atoms with van der Waals surface area (Å²) in [5.41, 5.74) is 0.894. The van der Waals surface area contributed by atoms with Crippen LogP contribution in [0.3, 0.4) is 0 Å². The van der Waals surface area contributed by atoms with Crippen molar-refractivity contribution in [1.82, 2.24) is 0 Å². The summed E-state index contributed by atoms with van der Waals surface area (Å²) in [5.74, 6) is 5.24. The van der Waals surface area contributed by atoms with Crippen molar-refractivity contribution in [1.29, 1.82) is 0 Å². The number of rotatable bonds is 2. The minimum absolute atomic E-state index is 0.137. The highest BCUT2D eigenvalue weighted by Gasteiger charge is 2.31. The Morgan fingerprint density at radius 1 is 1.82 bits per heavy atom. The van der Waals surface area contributed by atoms with E-state index in [1.165, 1.54) is 0 Å². The number of carbonyl (C=O) groups is 1. The smallest absolute Gasteiger partial charge is 0.317 e. The molecule has 0 unspecified atom stereocenters. The lowest BCUT2D eigenvalue weighted by molar-refractivity contribution is -0.143. The van der Waals surface area contributed by atoms with Gasteiger partial charge in [-0.15, -0.1) is 5.92 Å². The van der Waals surface area contributed by atoms with Crippen LogP contribution in [0.1, 0.15) is 13.8 Å². The third-order valence-electron chi connectivity index (χ3n) is 1.38. The summed E-state index contributed by atoms with van der Waals surface area (Å²) >= 11 is 0. The van der Waals surface area contributed by atoms with Gasteiger partial charge in [0.1, 0.15) is 5.92 Å². The molecule has 2 nitrogen and oxygen atoms in total. The van der Waals surface area contributed by atoms with E-state index >= 15 is 0 Å². The van der Waals surface area contributed by atoms with Crippen molar-refractivity contribution >= 4 is 5.97 Å². The molecule has 0 saturated carbocycles. The molecular formula is C9H10O2. The van der Waals surface area contributed by atoms with Gasteiger partial charge >= 0.3 is 5.97 Å². The molecule has 1 aliphatic carbocycles. The van der Waals surface area contributed by atoms with Crippen molar-refractivity contribution in [3.63, 3.8) is 0 Å². The summed E-state index contributed by atoms with van der Waals surface area (Å²) < 4.78 is 4.78. The van der Waals surface area contributed by atoms with Gasteiger partial charge in [-0.1, -0.05) is 12.0 Å². The Bertz CT molecular complexity index is 252. The molecule has 0 N–H and O–H groups in total. The zero-order chi connectivity index (χ0) is 8.27. The Labute approximate surface area is 66.2 Å². The lowest BCUT2D eigenvalue weighted by atomic mass is 10.3. The third kappa shape index (κ3) is 1.84. The Morgan fingerprint density at radius 2 is 2.55 bits per heavy atom. The fourth-order valence-corrected chi connectivity index (χ4v) is 0.822. The first-order chi connectivity index (χ1) is 5.29. The van der Waals surface area contributed by atoms with Crippen LogP contribution in [0.15, 0.2) is 11.6 Å². The number of hydrogen-bond acceptors (Lipinski definition) is 2. The van der Waals surface area contributed by atoms with Crippen LogP contribution in [-0.2, 0) is 9.53 Å². The third-order valence-corrected chi connectivity index (χ3v) is 1.38. The van der Waals surface area contributed by atoms with Crippen LogP contribution in [0.25, 0.3) is 0 Å². The highest BCUT2D eigenvalue weighted by atomic mass is 16.5. The maximum atomic E-state index is 10.9. The van der Waals surface area contributed by atoms with Gasteiger partial charge in [-0.3, -0.25) is 4.79 Å². The highest BCUT2D eigenvalue weighted by Crippen LogP contribution is 2.28. The van der Waals surface area contributed by atoms with Crippen LogP contribution < -0.4 is 0 Å². The van der Waals surface area contributed by atoms with Crippen LogP contribution in [-0.4, -0.2) is 12.6 Å². The number of hydrogen-bond donors (Lipinski definition) is 0. The molecule has 11 heavy (non-hydrogen) atoms. The van der Waals surface area contributed by atoms with E-state index in [4.69, 9.17) is 4.74 Å². The van der Waals surface area contributed by atoms with E-state index in [9.17, 15) is 4.79 Å². The number of esters is 1. The lowest BCUT2D eigenvalue weighted by Gasteiger charge is -1.97. The Morgan fingerprint density at radius 3 is 3.09 bits per heavy atom. The number of carbonyl (C=O) groups excluding carboxylic acids is 1. The van der Waals surface area contributed by atoms with Gasteiger partial charge < -0.3 is 4.74 Å². The monoisotopic (exact) mass is 150 g/mol. The molecular weight excluding hydrogens is 140 g/mol. The Balaban J connectivity index is 2.33. The second-order valence-electron chi connectivity index (χ2n) is 2.23. The molecule has 0 radical (unpaired) electrons. The van der Waals surface area contributed by atoms with Gasteiger partial charge in [0.2, 0.25) is 0 Å². The molecule has 0 amide bonds. The lowest BCUT2D eigenvalue weighted by Crippen LogP contribution is -2.07. The molecule has 0 aromatic carbocycles. The average Bonchev–Trinajstić information content (AvgIpc) is 2.69. The van der Waals surface area contributed by atoms with Gasteiger partial charge in [-0.05, 0) is 13.8 Å². The summed E-state index contributed by atoms with van der Waals surface area (Å²) in [6.07, 6.45) is 1.81. The predicted octanol–water partition coefficient (Wildman–Crippen LogP) is 1.13. The molecule has 58 valence electrons. The van der Waals surface area contributed by atoms with E-state index in [2.05, 4.69) is 11.8 Å². The molecule has 0 bridgehead atoms. The fourth-order valence-electron chi connectivity index (χ4n) is 0.822. The maximum Gasteiger partial charge on any atom is 0.317 e. The van der Waals surface area contributed by atoms with Gasteiger partial charge in [-0.2, -0.15) is 0 Å². The van der Waals surface area contributed by atoms with E-state index in [-0.39, 0.29) is 11.9 Å². The molecule has 2 heteroatoms. The summed E-state index contributed by atoms with van der Waals surface area (Å²) in [6, 6.07) is 0. The van der Waals surface area contributed by atoms with Crippen molar-refractivity contribution in [2.75, 3.05) is 6.61 Å². The van der Waals surface area contributed by atoms with Crippen LogP contribution >= 0.6 is 0 Å². The van der Waals surface area contributed by atoms with Crippen molar-refractivity contribution in [3.05, 3.63) is 11.6 Å². The largest absolute Gasteiger partial charge is 0.465 e. The normalized spacial score (nSPS) is 19.5. The van der Waals surface area contributed by atoms with Crippen molar-refractivity contribution in [2.45, 2.75) is 13.8 Å². The molecule has 1 aliphatic rings. The van der Waals surface area contributed by atoms with Crippen molar-refractivity contribution in [3.8, 4) is 11.8 Å². The van der Waals surface area contributed by atoms with E-state index in [1.54, 1.807) is 13.8 Å². The molecule has 1 atom stereocenters. The van der Waals surface area contributed by atoms with E-state index in [0.29, 0.717) is 6.61 Å². The van der Waals surface area contributed by atoms with E-state index in [0.717, 1.165) is 5.57 Å². The summed E-state index contributed by atoms with van der Waals surface area (Å²) in [5, 5.41) is 0. The predicted molar refractivity (Wildman–Crippen MR) is 41.7 cm³/mol. The minimum atomic E-state index is -0.176. The summed E-state index contributed by atoms with van der Waals surface area (Å²) in [7, 11) is 0. The SMILES string of the molecule is CC#CC1=C[C@H]1C(=O)OCC.